The van der Waals surface area contributed by atoms with Crippen molar-refractivity contribution >= 4 is 22.4 Å². The number of hydrogen-bond acceptors (Lipinski definition) is 6. The monoisotopic (exact) mass is 297 g/mol. The second-order valence-electron chi connectivity index (χ2n) is 5.27. The molecular weight excluding hydrogens is 278 g/mol. The largest absolute Gasteiger partial charge is 0.481 e. The maximum absolute atomic E-state index is 11.0. The van der Waals surface area contributed by atoms with Gasteiger partial charge in [0.1, 0.15) is 0 Å². The highest BCUT2D eigenvalue weighted by atomic mass is 32.1. The number of aliphatic carboxylic acids is 1. The van der Waals surface area contributed by atoms with Crippen molar-refractivity contribution in [3.05, 3.63) is 11.1 Å². The fraction of sp³-hybridized carbons (Fsp3) is 0.692. The summed E-state index contributed by atoms with van der Waals surface area (Å²) in [7, 11) is 0. The Morgan fingerprint density at radius 1 is 1.45 bits per heavy atom. The zero-order valence-electron chi connectivity index (χ0n) is 11.3. The van der Waals surface area contributed by atoms with Gasteiger partial charge in [0.05, 0.1) is 19.1 Å². The Labute approximate surface area is 122 Å². The lowest BCUT2D eigenvalue weighted by atomic mass is 10.1. The molecule has 110 valence electrons. The van der Waals surface area contributed by atoms with Crippen LogP contribution in [0.4, 0.5) is 5.13 Å². The van der Waals surface area contributed by atoms with Crippen LogP contribution in [0.15, 0.2) is 6.20 Å². The lowest BCUT2D eigenvalue weighted by molar-refractivity contribution is -0.141. The van der Waals surface area contributed by atoms with Gasteiger partial charge in [-0.2, -0.15) is 0 Å². The van der Waals surface area contributed by atoms with Crippen molar-refractivity contribution in [1.82, 2.24) is 9.88 Å². The van der Waals surface area contributed by atoms with Crippen molar-refractivity contribution in [2.24, 2.45) is 5.92 Å². The third-order valence-electron chi connectivity index (χ3n) is 3.82. The van der Waals surface area contributed by atoms with Crippen molar-refractivity contribution in [1.29, 1.82) is 0 Å². The van der Waals surface area contributed by atoms with Crippen LogP contribution in [0.1, 0.15) is 11.3 Å². The van der Waals surface area contributed by atoms with Crippen LogP contribution < -0.4 is 4.90 Å². The van der Waals surface area contributed by atoms with E-state index in [0.717, 1.165) is 50.9 Å². The molecular formula is C13H19N3O3S. The van der Waals surface area contributed by atoms with E-state index in [1.807, 2.05) is 6.20 Å². The van der Waals surface area contributed by atoms with Crippen molar-refractivity contribution in [2.45, 2.75) is 13.0 Å². The van der Waals surface area contributed by atoms with Gasteiger partial charge in [-0.25, -0.2) is 4.98 Å². The Kier molecular flexibility index (Phi) is 4.18. The first-order valence-electron chi connectivity index (χ1n) is 6.95. The summed E-state index contributed by atoms with van der Waals surface area (Å²) in [5.41, 5.74) is 0. The fourth-order valence-electron chi connectivity index (χ4n) is 2.67. The minimum absolute atomic E-state index is 0.207. The zero-order chi connectivity index (χ0) is 13.9. The van der Waals surface area contributed by atoms with E-state index in [1.165, 1.54) is 4.88 Å². The number of hydrogen-bond donors (Lipinski definition) is 1. The molecule has 6 nitrogen and oxygen atoms in total. The normalized spacial score (nSPS) is 24.2. The minimum atomic E-state index is -0.675. The molecule has 0 amide bonds. The van der Waals surface area contributed by atoms with Gasteiger partial charge in [0, 0.05) is 37.3 Å². The van der Waals surface area contributed by atoms with Gasteiger partial charge in [-0.1, -0.05) is 0 Å². The van der Waals surface area contributed by atoms with Crippen LogP contribution in [-0.2, 0) is 16.1 Å². The molecule has 2 saturated heterocycles. The summed E-state index contributed by atoms with van der Waals surface area (Å²) in [6.45, 7) is 5.66. The van der Waals surface area contributed by atoms with Gasteiger partial charge in [-0.3, -0.25) is 9.69 Å². The highest BCUT2D eigenvalue weighted by molar-refractivity contribution is 7.15. The molecule has 0 radical (unpaired) electrons. The molecule has 1 aromatic rings. The van der Waals surface area contributed by atoms with Gasteiger partial charge in [-0.05, 0) is 13.0 Å². The van der Waals surface area contributed by atoms with E-state index in [4.69, 9.17) is 9.84 Å². The van der Waals surface area contributed by atoms with Gasteiger partial charge in [0.25, 0.3) is 0 Å². The molecule has 3 rings (SSSR count). The molecule has 1 N–H and O–H groups in total. The Morgan fingerprint density at radius 2 is 2.25 bits per heavy atom. The van der Waals surface area contributed by atoms with E-state index in [9.17, 15) is 4.79 Å². The molecule has 0 saturated carbocycles. The lowest BCUT2D eigenvalue weighted by Crippen LogP contribution is -2.36. The fourth-order valence-corrected chi connectivity index (χ4v) is 3.67. The van der Waals surface area contributed by atoms with E-state index in [0.29, 0.717) is 6.54 Å². The predicted octanol–water partition coefficient (Wildman–Crippen LogP) is 0.886. The Balaban J connectivity index is 1.56. The van der Waals surface area contributed by atoms with E-state index in [1.54, 1.807) is 11.3 Å². The number of ether oxygens (including phenoxy) is 1. The van der Waals surface area contributed by atoms with Crippen LogP contribution in [0.25, 0.3) is 0 Å². The summed E-state index contributed by atoms with van der Waals surface area (Å²) < 4.78 is 5.34. The van der Waals surface area contributed by atoms with E-state index in [2.05, 4.69) is 14.8 Å². The van der Waals surface area contributed by atoms with Crippen LogP contribution in [0.3, 0.4) is 0 Å². The summed E-state index contributed by atoms with van der Waals surface area (Å²) in [6, 6.07) is 0. The average Bonchev–Trinajstić information content (AvgIpc) is 3.10. The number of anilines is 1. The highest BCUT2D eigenvalue weighted by Gasteiger charge is 2.28. The van der Waals surface area contributed by atoms with Gasteiger partial charge in [-0.15, -0.1) is 11.3 Å². The van der Waals surface area contributed by atoms with Crippen molar-refractivity contribution in [2.75, 3.05) is 44.3 Å². The molecule has 1 atom stereocenters. The first kappa shape index (κ1) is 13.8. The van der Waals surface area contributed by atoms with Crippen LogP contribution in [0.5, 0.6) is 0 Å². The van der Waals surface area contributed by atoms with Gasteiger partial charge in [0.15, 0.2) is 5.13 Å². The molecule has 0 aliphatic carbocycles. The Hall–Kier alpha value is -1.18. The Morgan fingerprint density at radius 3 is 2.95 bits per heavy atom. The number of carboxylic acid groups (broad SMARTS) is 1. The zero-order valence-corrected chi connectivity index (χ0v) is 12.1. The Bertz CT molecular complexity index is 473. The number of carbonyl (C=O) groups is 1. The summed E-state index contributed by atoms with van der Waals surface area (Å²) in [5, 5.41) is 10.1. The van der Waals surface area contributed by atoms with Gasteiger partial charge < -0.3 is 14.7 Å². The van der Waals surface area contributed by atoms with Crippen molar-refractivity contribution < 1.29 is 14.6 Å². The smallest absolute Gasteiger partial charge is 0.307 e. The summed E-state index contributed by atoms with van der Waals surface area (Å²) >= 11 is 1.71. The molecule has 0 aromatic carbocycles. The number of aromatic nitrogens is 1. The van der Waals surface area contributed by atoms with Crippen molar-refractivity contribution in [3.63, 3.8) is 0 Å². The summed E-state index contributed by atoms with van der Waals surface area (Å²) in [5.74, 6) is -0.882. The maximum Gasteiger partial charge on any atom is 0.307 e. The highest BCUT2D eigenvalue weighted by Crippen LogP contribution is 2.26. The number of thiazole rings is 1. The molecule has 3 heterocycles. The topological polar surface area (TPSA) is 65.9 Å². The second-order valence-corrected chi connectivity index (χ2v) is 6.36. The summed E-state index contributed by atoms with van der Waals surface area (Å²) in [6.07, 6.45) is 2.67. The third-order valence-corrected chi connectivity index (χ3v) is 4.87. The second kappa shape index (κ2) is 6.07. The molecule has 0 unspecified atom stereocenters. The number of nitrogens with zero attached hydrogens (tertiary/aromatic N) is 3. The van der Waals surface area contributed by atoms with E-state index in [-0.39, 0.29) is 5.92 Å². The standard InChI is InChI=1S/C13H19N3O3S/c17-12(18)10-1-2-15(8-10)9-11-7-14-13(20-11)16-3-5-19-6-4-16/h7,10H,1-6,8-9H2,(H,17,18)/t10-/m0/s1. The van der Waals surface area contributed by atoms with Gasteiger partial charge in [0.2, 0.25) is 0 Å². The van der Waals surface area contributed by atoms with Gasteiger partial charge >= 0.3 is 5.97 Å². The van der Waals surface area contributed by atoms with Crippen LogP contribution in [0.2, 0.25) is 0 Å². The molecule has 7 heteroatoms. The lowest BCUT2D eigenvalue weighted by Gasteiger charge is -2.26. The molecule has 0 spiro atoms. The number of rotatable bonds is 4. The SMILES string of the molecule is O=C(O)[C@H]1CCN(Cc2cnc(N3CCOCC3)s2)C1. The average molecular weight is 297 g/mol. The molecule has 2 fully saturated rings. The van der Waals surface area contributed by atoms with Crippen LogP contribution in [0, 0.1) is 5.92 Å². The number of morpholine rings is 1. The minimum Gasteiger partial charge on any atom is -0.481 e. The number of carboxylic acids is 1. The maximum atomic E-state index is 11.0. The third kappa shape index (κ3) is 3.11. The van der Waals surface area contributed by atoms with Crippen LogP contribution in [-0.4, -0.2) is 60.4 Å². The first-order chi connectivity index (χ1) is 9.72. The molecule has 1 aromatic heterocycles. The van der Waals surface area contributed by atoms with E-state index >= 15 is 0 Å². The molecule has 2 aliphatic rings. The van der Waals surface area contributed by atoms with Crippen molar-refractivity contribution in [3.8, 4) is 0 Å². The van der Waals surface area contributed by atoms with Crippen LogP contribution >= 0.6 is 11.3 Å². The predicted molar refractivity (Wildman–Crippen MR) is 76.2 cm³/mol. The molecule has 20 heavy (non-hydrogen) atoms. The quantitative estimate of drug-likeness (QED) is 0.890. The molecule has 0 bridgehead atoms. The molecule has 2 aliphatic heterocycles. The van der Waals surface area contributed by atoms with E-state index < -0.39 is 5.97 Å². The first-order valence-corrected chi connectivity index (χ1v) is 7.76. The number of likely N-dealkylation sites (tertiary alicyclic amines) is 1. The summed E-state index contributed by atoms with van der Waals surface area (Å²) in [4.78, 5) is 21.1.